The summed E-state index contributed by atoms with van der Waals surface area (Å²) in [6, 6.07) is 6.10. The average Bonchev–Trinajstić information content (AvgIpc) is 2.21. The average molecular weight is 255 g/mol. The van der Waals surface area contributed by atoms with E-state index in [1.54, 1.807) is 6.07 Å². The van der Waals surface area contributed by atoms with E-state index in [9.17, 15) is 5.11 Å². The van der Waals surface area contributed by atoms with Crippen molar-refractivity contribution >= 4 is 11.6 Å². The lowest BCUT2D eigenvalue weighted by molar-refractivity contribution is 0.138. The van der Waals surface area contributed by atoms with Crippen molar-refractivity contribution in [3.05, 3.63) is 28.8 Å². The van der Waals surface area contributed by atoms with E-state index in [-0.39, 0.29) is 5.75 Å². The van der Waals surface area contributed by atoms with E-state index >= 15 is 0 Å². The van der Waals surface area contributed by atoms with Gasteiger partial charge in [0.15, 0.2) is 0 Å². The summed E-state index contributed by atoms with van der Waals surface area (Å²) in [5, 5.41) is 13.1. The molecule has 2 N–H and O–H groups in total. The first-order valence-corrected chi connectivity index (χ1v) is 6.50. The molecule has 0 spiro atoms. The number of hydrogen-bond acceptors (Lipinski definition) is 3. The Balaban J connectivity index is 2.02. The lowest BCUT2D eigenvalue weighted by atomic mass is 10.1. The highest BCUT2D eigenvalue weighted by Crippen LogP contribution is 2.24. The summed E-state index contributed by atoms with van der Waals surface area (Å²) in [7, 11) is 0. The molecule has 0 saturated carbocycles. The SMILES string of the molecule is CCCN(Cc1ccc(O)c(Cl)c1)C1CNC1. The zero-order valence-corrected chi connectivity index (χ0v) is 10.9. The van der Waals surface area contributed by atoms with E-state index < -0.39 is 0 Å². The molecule has 4 heteroatoms. The van der Waals surface area contributed by atoms with Crippen molar-refractivity contribution in [2.75, 3.05) is 19.6 Å². The molecular weight excluding hydrogens is 236 g/mol. The van der Waals surface area contributed by atoms with Crippen molar-refractivity contribution < 1.29 is 5.11 Å². The minimum absolute atomic E-state index is 0.155. The lowest BCUT2D eigenvalue weighted by Crippen LogP contribution is -2.56. The lowest BCUT2D eigenvalue weighted by Gasteiger charge is -2.38. The molecule has 2 rings (SSSR count). The highest BCUT2D eigenvalue weighted by molar-refractivity contribution is 6.32. The fourth-order valence-electron chi connectivity index (χ4n) is 2.09. The molecule has 0 bridgehead atoms. The van der Waals surface area contributed by atoms with Gasteiger partial charge in [0.25, 0.3) is 0 Å². The molecule has 1 aromatic carbocycles. The number of hydrogen-bond donors (Lipinski definition) is 2. The topological polar surface area (TPSA) is 35.5 Å². The van der Waals surface area contributed by atoms with Gasteiger partial charge in [0.2, 0.25) is 0 Å². The van der Waals surface area contributed by atoms with E-state index in [4.69, 9.17) is 11.6 Å². The Morgan fingerprint density at radius 1 is 1.47 bits per heavy atom. The van der Waals surface area contributed by atoms with Gasteiger partial charge in [-0.25, -0.2) is 0 Å². The Kier molecular flexibility index (Phi) is 4.26. The second kappa shape index (κ2) is 5.71. The van der Waals surface area contributed by atoms with Crippen molar-refractivity contribution in [2.45, 2.75) is 25.9 Å². The molecule has 0 aliphatic carbocycles. The summed E-state index contributed by atoms with van der Waals surface area (Å²) < 4.78 is 0. The monoisotopic (exact) mass is 254 g/mol. The number of phenols is 1. The molecule has 94 valence electrons. The summed E-state index contributed by atoms with van der Waals surface area (Å²) in [5.74, 6) is 0.155. The van der Waals surface area contributed by atoms with Gasteiger partial charge in [0.1, 0.15) is 5.75 Å². The maximum atomic E-state index is 9.39. The van der Waals surface area contributed by atoms with Crippen molar-refractivity contribution in [1.82, 2.24) is 10.2 Å². The van der Waals surface area contributed by atoms with Crippen LogP contribution in [0.1, 0.15) is 18.9 Å². The van der Waals surface area contributed by atoms with Crippen LogP contribution >= 0.6 is 11.6 Å². The Morgan fingerprint density at radius 3 is 2.76 bits per heavy atom. The summed E-state index contributed by atoms with van der Waals surface area (Å²) in [5.41, 5.74) is 1.16. The standard InChI is InChI=1S/C13H19ClN2O/c1-2-5-16(11-7-15-8-11)9-10-3-4-13(17)12(14)6-10/h3-4,6,11,15,17H,2,5,7-9H2,1H3. The fourth-order valence-corrected chi connectivity index (χ4v) is 2.30. The van der Waals surface area contributed by atoms with Crippen molar-refractivity contribution in [2.24, 2.45) is 0 Å². The van der Waals surface area contributed by atoms with Crippen LogP contribution in [0.4, 0.5) is 0 Å². The Morgan fingerprint density at radius 2 is 2.24 bits per heavy atom. The fraction of sp³-hybridized carbons (Fsp3) is 0.538. The van der Waals surface area contributed by atoms with Gasteiger partial charge in [-0.2, -0.15) is 0 Å². The molecule has 1 aliphatic heterocycles. The number of nitrogens with one attached hydrogen (secondary N) is 1. The summed E-state index contributed by atoms with van der Waals surface area (Å²) in [6.07, 6.45) is 1.16. The summed E-state index contributed by atoms with van der Waals surface area (Å²) >= 11 is 5.92. The zero-order chi connectivity index (χ0) is 12.3. The molecule has 17 heavy (non-hydrogen) atoms. The van der Waals surface area contributed by atoms with Gasteiger partial charge in [-0.1, -0.05) is 24.6 Å². The van der Waals surface area contributed by atoms with Crippen LogP contribution in [-0.4, -0.2) is 35.7 Å². The first-order valence-electron chi connectivity index (χ1n) is 6.13. The molecule has 3 nitrogen and oxygen atoms in total. The number of nitrogens with zero attached hydrogens (tertiary/aromatic N) is 1. The summed E-state index contributed by atoms with van der Waals surface area (Å²) in [6.45, 7) is 6.35. The van der Waals surface area contributed by atoms with Crippen LogP contribution in [0.15, 0.2) is 18.2 Å². The predicted octanol–water partition coefficient (Wildman–Crippen LogP) is 2.23. The molecule has 0 unspecified atom stereocenters. The van der Waals surface area contributed by atoms with Crippen LogP contribution in [0.25, 0.3) is 0 Å². The highest BCUT2D eigenvalue weighted by atomic mass is 35.5. The molecule has 0 radical (unpaired) electrons. The molecule has 1 aromatic rings. The minimum atomic E-state index is 0.155. The van der Waals surface area contributed by atoms with Crippen LogP contribution < -0.4 is 5.32 Å². The summed E-state index contributed by atoms with van der Waals surface area (Å²) in [4.78, 5) is 2.47. The zero-order valence-electron chi connectivity index (χ0n) is 10.1. The van der Waals surface area contributed by atoms with Gasteiger partial charge in [-0.3, -0.25) is 4.90 Å². The molecule has 0 atom stereocenters. The van der Waals surface area contributed by atoms with Crippen molar-refractivity contribution in [3.8, 4) is 5.75 Å². The first kappa shape index (κ1) is 12.7. The molecule has 0 aromatic heterocycles. The second-order valence-corrected chi connectivity index (χ2v) is 4.98. The molecule has 1 fully saturated rings. The van der Waals surface area contributed by atoms with Gasteiger partial charge in [-0.05, 0) is 30.7 Å². The van der Waals surface area contributed by atoms with Crippen LogP contribution in [-0.2, 0) is 6.54 Å². The Labute approximate surface area is 107 Å². The third kappa shape index (κ3) is 3.12. The highest BCUT2D eigenvalue weighted by Gasteiger charge is 2.23. The van der Waals surface area contributed by atoms with Crippen LogP contribution in [0.5, 0.6) is 5.75 Å². The normalized spacial score (nSPS) is 16.2. The van der Waals surface area contributed by atoms with Gasteiger partial charge in [0, 0.05) is 25.7 Å². The number of benzene rings is 1. The van der Waals surface area contributed by atoms with Crippen LogP contribution in [0.3, 0.4) is 0 Å². The van der Waals surface area contributed by atoms with Crippen LogP contribution in [0, 0.1) is 0 Å². The number of phenolic OH excluding ortho intramolecular Hbond substituents is 1. The third-order valence-corrected chi connectivity index (χ3v) is 3.49. The van der Waals surface area contributed by atoms with E-state index in [2.05, 4.69) is 17.1 Å². The quantitative estimate of drug-likeness (QED) is 0.846. The molecule has 0 amide bonds. The second-order valence-electron chi connectivity index (χ2n) is 4.57. The number of halogens is 1. The Bertz CT molecular complexity index is 380. The number of aromatic hydroxyl groups is 1. The van der Waals surface area contributed by atoms with Gasteiger partial charge < -0.3 is 10.4 Å². The van der Waals surface area contributed by atoms with E-state index in [1.165, 1.54) is 0 Å². The van der Waals surface area contributed by atoms with Gasteiger partial charge in [-0.15, -0.1) is 0 Å². The smallest absolute Gasteiger partial charge is 0.134 e. The van der Waals surface area contributed by atoms with E-state index in [1.807, 2.05) is 12.1 Å². The van der Waals surface area contributed by atoms with E-state index in [0.717, 1.165) is 38.2 Å². The first-order chi connectivity index (χ1) is 8.20. The Hall–Kier alpha value is -0.770. The predicted molar refractivity (Wildman–Crippen MR) is 70.5 cm³/mol. The molecule has 1 heterocycles. The van der Waals surface area contributed by atoms with Gasteiger partial charge >= 0.3 is 0 Å². The van der Waals surface area contributed by atoms with Gasteiger partial charge in [0.05, 0.1) is 5.02 Å². The molecule has 1 saturated heterocycles. The molecular formula is C13H19ClN2O. The largest absolute Gasteiger partial charge is 0.506 e. The molecule has 1 aliphatic rings. The van der Waals surface area contributed by atoms with Crippen LogP contribution in [0.2, 0.25) is 5.02 Å². The number of rotatable bonds is 5. The maximum absolute atomic E-state index is 9.39. The van der Waals surface area contributed by atoms with E-state index in [0.29, 0.717) is 11.1 Å². The van der Waals surface area contributed by atoms with Crippen molar-refractivity contribution in [1.29, 1.82) is 0 Å². The minimum Gasteiger partial charge on any atom is -0.506 e. The third-order valence-electron chi connectivity index (χ3n) is 3.18. The maximum Gasteiger partial charge on any atom is 0.134 e. The van der Waals surface area contributed by atoms with Crippen molar-refractivity contribution in [3.63, 3.8) is 0 Å².